The second kappa shape index (κ2) is 7.99. The van der Waals surface area contributed by atoms with Crippen molar-refractivity contribution >= 4 is 39.7 Å². The maximum Gasteiger partial charge on any atom is 0.271 e. The van der Waals surface area contributed by atoms with Gasteiger partial charge in [-0.25, -0.2) is 4.99 Å². The molecule has 2 rings (SSSR count). The van der Waals surface area contributed by atoms with E-state index < -0.39 is 4.92 Å². The van der Waals surface area contributed by atoms with Crippen molar-refractivity contribution in [2.24, 2.45) is 4.99 Å². The van der Waals surface area contributed by atoms with Gasteiger partial charge in [0, 0.05) is 17.8 Å². The van der Waals surface area contributed by atoms with Crippen LogP contribution in [0.3, 0.4) is 0 Å². The number of rotatable bonds is 4. The molecule has 8 heteroatoms. The first-order valence-electron chi connectivity index (χ1n) is 6.93. The zero-order valence-corrected chi connectivity index (χ0v) is 13.9. The molecule has 0 atom stereocenters. The second-order valence-electron chi connectivity index (χ2n) is 4.81. The van der Waals surface area contributed by atoms with Crippen molar-refractivity contribution in [1.29, 1.82) is 5.26 Å². The third kappa shape index (κ3) is 4.47. The van der Waals surface area contributed by atoms with E-state index in [4.69, 9.17) is 5.26 Å². The summed E-state index contributed by atoms with van der Waals surface area (Å²) in [6, 6.07) is 12.1. The second-order valence-corrected chi connectivity index (χ2v) is 5.61. The van der Waals surface area contributed by atoms with Gasteiger partial charge in [0.1, 0.15) is 0 Å². The molecular weight excluding hydrogens is 326 g/mol. The highest BCUT2D eigenvalue weighted by molar-refractivity contribution is 8.13. The van der Waals surface area contributed by atoms with Gasteiger partial charge in [-0.2, -0.15) is 5.26 Å². The number of nitro benzene ring substituents is 1. The van der Waals surface area contributed by atoms with Crippen molar-refractivity contribution in [2.75, 3.05) is 11.6 Å². The van der Waals surface area contributed by atoms with Crippen LogP contribution < -0.4 is 10.6 Å². The summed E-state index contributed by atoms with van der Waals surface area (Å²) in [5.74, 6) is 0. The summed E-state index contributed by atoms with van der Waals surface area (Å²) in [6.45, 7) is 1.97. The minimum absolute atomic E-state index is 0.0686. The van der Waals surface area contributed by atoms with Crippen LogP contribution in [-0.4, -0.2) is 16.3 Å². The van der Waals surface area contributed by atoms with Crippen LogP contribution in [0.1, 0.15) is 5.56 Å². The number of anilines is 2. The first-order chi connectivity index (χ1) is 11.5. The summed E-state index contributed by atoms with van der Waals surface area (Å²) >= 11 is 1.24. The van der Waals surface area contributed by atoms with Gasteiger partial charge >= 0.3 is 0 Å². The zero-order chi connectivity index (χ0) is 17.5. The minimum Gasteiger partial charge on any atom is -0.354 e. The largest absolute Gasteiger partial charge is 0.354 e. The average molecular weight is 341 g/mol. The first-order valence-corrected chi connectivity index (χ1v) is 8.16. The lowest BCUT2D eigenvalue weighted by molar-refractivity contribution is -0.384. The molecule has 0 radical (unpaired) electrons. The van der Waals surface area contributed by atoms with E-state index in [1.165, 1.54) is 23.9 Å². The molecule has 0 amide bonds. The average Bonchev–Trinajstić information content (AvgIpc) is 2.55. The Morgan fingerprint density at radius 2 is 2.12 bits per heavy atom. The highest BCUT2D eigenvalue weighted by Crippen LogP contribution is 2.32. The molecule has 0 aliphatic rings. The molecule has 0 heterocycles. The molecule has 0 aromatic heterocycles. The normalized spacial score (nSPS) is 10.8. The molecule has 24 heavy (non-hydrogen) atoms. The molecule has 0 fully saturated rings. The molecule has 0 aliphatic carbocycles. The smallest absolute Gasteiger partial charge is 0.271 e. The summed E-state index contributed by atoms with van der Waals surface area (Å²) in [7, 11) is 0. The summed E-state index contributed by atoms with van der Waals surface area (Å²) in [5.41, 5.74) is 2.85. The fourth-order valence-corrected chi connectivity index (χ4v) is 2.33. The van der Waals surface area contributed by atoms with Gasteiger partial charge in [-0.15, -0.1) is 0 Å². The molecule has 2 aromatic rings. The Balaban J connectivity index is 2.46. The lowest BCUT2D eigenvalue weighted by Crippen LogP contribution is -2.12. The molecule has 2 aromatic carbocycles. The molecule has 0 saturated heterocycles. The number of non-ortho nitro benzene ring substituents is 1. The number of benzene rings is 2. The van der Waals surface area contributed by atoms with Crippen molar-refractivity contribution < 1.29 is 4.92 Å². The van der Waals surface area contributed by atoms with Gasteiger partial charge in [0.15, 0.2) is 11.4 Å². The minimum atomic E-state index is -0.480. The number of hydrogen-bond donors (Lipinski definition) is 2. The Morgan fingerprint density at radius 1 is 1.33 bits per heavy atom. The third-order valence-electron chi connectivity index (χ3n) is 3.07. The first kappa shape index (κ1) is 17.3. The van der Waals surface area contributed by atoms with E-state index in [-0.39, 0.29) is 5.69 Å². The van der Waals surface area contributed by atoms with Gasteiger partial charge in [-0.3, -0.25) is 15.4 Å². The molecule has 0 spiro atoms. The molecule has 0 bridgehead atoms. The molecule has 7 nitrogen and oxygen atoms in total. The molecule has 2 N–H and O–H groups in total. The number of hydrogen-bond acceptors (Lipinski definition) is 6. The SMILES string of the molecule is CSC(=Nc1cc([N+](=O)[O-])ccc1Nc1cccc(C)c1)NC#N. The van der Waals surface area contributed by atoms with E-state index in [2.05, 4.69) is 15.6 Å². The summed E-state index contributed by atoms with van der Waals surface area (Å²) in [6.07, 6.45) is 3.56. The van der Waals surface area contributed by atoms with E-state index in [0.29, 0.717) is 16.5 Å². The van der Waals surface area contributed by atoms with E-state index in [1.54, 1.807) is 18.5 Å². The lowest BCUT2D eigenvalue weighted by Gasteiger charge is -2.11. The van der Waals surface area contributed by atoms with Gasteiger partial charge < -0.3 is 5.32 Å². The summed E-state index contributed by atoms with van der Waals surface area (Å²) in [4.78, 5) is 14.8. The number of aryl methyl sites for hydroxylation is 1. The van der Waals surface area contributed by atoms with Gasteiger partial charge in [0.25, 0.3) is 5.69 Å². The Labute approximate surface area is 143 Å². The van der Waals surface area contributed by atoms with Gasteiger partial charge in [-0.05, 0) is 36.9 Å². The molecule has 0 aliphatic heterocycles. The topological polar surface area (TPSA) is 103 Å². The fourth-order valence-electron chi connectivity index (χ4n) is 1.99. The van der Waals surface area contributed by atoms with Crippen molar-refractivity contribution in [3.63, 3.8) is 0 Å². The lowest BCUT2D eigenvalue weighted by atomic mass is 10.2. The number of nitriles is 1. The van der Waals surface area contributed by atoms with E-state index >= 15 is 0 Å². The zero-order valence-electron chi connectivity index (χ0n) is 13.1. The van der Waals surface area contributed by atoms with Gasteiger partial charge in [0.05, 0.1) is 16.3 Å². The summed E-state index contributed by atoms with van der Waals surface area (Å²) < 4.78 is 0. The van der Waals surface area contributed by atoms with E-state index in [0.717, 1.165) is 11.3 Å². The predicted octanol–water partition coefficient (Wildman–Crippen LogP) is 4.07. The summed E-state index contributed by atoms with van der Waals surface area (Å²) in [5, 5.41) is 25.8. The predicted molar refractivity (Wildman–Crippen MR) is 96.9 cm³/mol. The van der Waals surface area contributed by atoms with Crippen LogP contribution in [0.5, 0.6) is 0 Å². The molecule has 0 saturated carbocycles. The number of thioether (sulfide) groups is 1. The molecular formula is C16H15N5O2S. The van der Waals surface area contributed by atoms with Gasteiger partial charge in [0.2, 0.25) is 0 Å². The fraction of sp³-hybridized carbons (Fsp3) is 0.125. The van der Waals surface area contributed by atoms with Crippen molar-refractivity contribution in [3.8, 4) is 6.19 Å². The highest BCUT2D eigenvalue weighted by Gasteiger charge is 2.12. The van der Waals surface area contributed by atoms with Crippen LogP contribution in [-0.2, 0) is 0 Å². The van der Waals surface area contributed by atoms with E-state index in [1.807, 2.05) is 31.2 Å². The third-order valence-corrected chi connectivity index (χ3v) is 3.65. The standard InChI is InChI=1S/C16H15N5O2S/c1-11-4-3-5-12(8-11)19-14-7-6-13(21(22)23)9-15(14)20-16(24-2)18-10-17/h3-9,19H,1-2H3,(H,18,20). The monoisotopic (exact) mass is 341 g/mol. The van der Waals surface area contributed by atoms with Crippen LogP contribution >= 0.6 is 11.8 Å². The Bertz CT molecular complexity index is 829. The Morgan fingerprint density at radius 3 is 2.75 bits per heavy atom. The van der Waals surface area contributed by atoms with Crippen molar-refractivity contribution in [2.45, 2.75) is 6.92 Å². The van der Waals surface area contributed by atoms with Crippen molar-refractivity contribution in [3.05, 3.63) is 58.1 Å². The number of amidine groups is 1. The van der Waals surface area contributed by atoms with Crippen molar-refractivity contribution in [1.82, 2.24) is 5.32 Å². The molecule has 122 valence electrons. The highest BCUT2D eigenvalue weighted by atomic mass is 32.2. The van der Waals surface area contributed by atoms with Gasteiger partial charge in [-0.1, -0.05) is 23.9 Å². The maximum atomic E-state index is 11.0. The number of aliphatic imine (C=N–C) groups is 1. The van der Waals surface area contributed by atoms with Crippen LogP contribution in [0, 0.1) is 28.5 Å². The number of nitro groups is 1. The quantitative estimate of drug-likeness (QED) is 0.217. The number of nitrogens with zero attached hydrogens (tertiary/aromatic N) is 3. The van der Waals surface area contributed by atoms with Crippen LogP contribution in [0.25, 0.3) is 0 Å². The van der Waals surface area contributed by atoms with Crippen LogP contribution in [0.2, 0.25) is 0 Å². The molecule has 0 unspecified atom stereocenters. The Kier molecular flexibility index (Phi) is 5.76. The Hall–Kier alpha value is -3.05. The van der Waals surface area contributed by atoms with Crippen LogP contribution in [0.4, 0.5) is 22.7 Å². The maximum absolute atomic E-state index is 11.0. The van der Waals surface area contributed by atoms with Crippen LogP contribution in [0.15, 0.2) is 47.5 Å². The van der Waals surface area contributed by atoms with E-state index in [9.17, 15) is 10.1 Å². The number of nitrogens with one attached hydrogen (secondary N) is 2.